The maximum atomic E-state index is 11.2. The molecule has 0 saturated heterocycles. The van der Waals surface area contributed by atoms with Gasteiger partial charge in [0.1, 0.15) is 0 Å². The molecular formula is C13H22Co2O. The molecule has 0 aromatic rings. The Hall–Kier alpha value is 0.243. The van der Waals surface area contributed by atoms with Gasteiger partial charge in [-0.25, -0.2) is 0 Å². The fourth-order valence-corrected chi connectivity index (χ4v) is 1.20. The third-order valence-corrected chi connectivity index (χ3v) is 2.14. The standard InChI is InChI=1S/C13H22O.2Co/c1-3-5-7-9-11-13(14)12-10-8-6-4-2;;/h3-9,11H2,1-2H3;;. The van der Waals surface area contributed by atoms with Crippen molar-refractivity contribution in [1.29, 1.82) is 0 Å². The first-order chi connectivity index (χ1) is 6.81. The summed E-state index contributed by atoms with van der Waals surface area (Å²) in [7, 11) is 0. The van der Waals surface area contributed by atoms with Crippen molar-refractivity contribution in [3.8, 4) is 11.8 Å². The van der Waals surface area contributed by atoms with Gasteiger partial charge in [-0.1, -0.05) is 45.5 Å². The van der Waals surface area contributed by atoms with E-state index in [0.29, 0.717) is 6.42 Å². The molecule has 0 aliphatic rings. The second-order valence-corrected chi connectivity index (χ2v) is 3.64. The molecule has 0 N–H and O–H groups in total. The van der Waals surface area contributed by atoms with Crippen molar-refractivity contribution in [1.82, 2.24) is 0 Å². The zero-order chi connectivity index (χ0) is 10.6. The molecule has 0 unspecified atom stereocenters. The summed E-state index contributed by atoms with van der Waals surface area (Å²) in [4.78, 5) is 11.2. The molecular weight excluding hydrogens is 290 g/mol. The van der Waals surface area contributed by atoms with E-state index in [1.807, 2.05) is 0 Å². The Kier molecular flexibility index (Phi) is 23.7. The molecule has 0 saturated carbocycles. The number of hydrogen-bond acceptors (Lipinski definition) is 1. The molecule has 0 bridgehead atoms. The van der Waals surface area contributed by atoms with Crippen LogP contribution >= 0.6 is 0 Å². The van der Waals surface area contributed by atoms with Crippen LogP contribution in [0.2, 0.25) is 0 Å². The first-order valence-electron chi connectivity index (χ1n) is 5.83. The van der Waals surface area contributed by atoms with Crippen LogP contribution in [0.25, 0.3) is 0 Å². The van der Waals surface area contributed by atoms with E-state index < -0.39 is 0 Å². The number of unbranched alkanes of at least 4 members (excludes halogenated alkanes) is 5. The van der Waals surface area contributed by atoms with Gasteiger partial charge in [0.15, 0.2) is 0 Å². The zero-order valence-electron chi connectivity index (χ0n) is 10.2. The normalized spacial score (nSPS) is 8.12. The minimum absolute atomic E-state index is 0. The van der Waals surface area contributed by atoms with Crippen molar-refractivity contribution in [3.63, 3.8) is 0 Å². The second-order valence-electron chi connectivity index (χ2n) is 3.64. The first-order valence-corrected chi connectivity index (χ1v) is 5.83. The molecule has 0 rings (SSSR count). The van der Waals surface area contributed by atoms with Crippen LogP contribution in [0.4, 0.5) is 0 Å². The largest absolute Gasteiger partial charge is 0.285 e. The molecule has 0 aromatic carbocycles. The van der Waals surface area contributed by atoms with Crippen LogP contribution in [0, 0.1) is 11.8 Å². The Labute approximate surface area is 121 Å². The minimum Gasteiger partial charge on any atom is -0.285 e. The minimum atomic E-state index is 0. The number of rotatable bonds is 7. The van der Waals surface area contributed by atoms with E-state index >= 15 is 0 Å². The molecule has 0 aliphatic carbocycles. The van der Waals surface area contributed by atoms with E-state index in [-0.39, 0.29) is 39.3 Å². The van der Waals surface area contributed by atoms with Gasteiger partial charge in [0.05, 0.1) is 0 Å². The SMILES string of the molecule is CCCCC#CC(=O)CCCCCC.[Co].[Co]. The summed E-state index contributed by atoms with van der Waals surface area (Å²) in [5.41, 5.74) is 0. The third kappa shape index (κ3) is 16.7. The van der Waals surface area contributed by atoms with Gasteiger partial charge in [-0.3, -0.25) is 4.79 Å². The van der Waals surface area contributed by atoms with Gasteiger partial charge in [-0.2, -0.15) is 0 Å². The van der Waals surface area contributed by atoms with Gasteiger partial charge < -0.3 is 0 Å². The van der Waals surface area contributed by atoms with Crippen molar-refractivity contribution in [2.75, 3.05) is 0 Å². The molecule has 98 valence electrons. The van der Waals surface area contributed by atoms with Gasteiger partial charge >= 0.3 is 0 Å². The quantitative estimate of drug-likeness (QED) is 0.398. The molecule has 0 heterocycles. The number of Topliss-reactive ketones (excluding diaryl/α,β-unsaturated/α-hetero) is 1. The fourth-order valence-electron chi connectivity index (χ4n) is 1.20. The average molecular weight is 312 g/mol. The monoisotopic (exact) mass is 312 g/mol. The molecule has 0 spiro atoms. The fraction of sp³-hybridized carbons (Fsp3) is 0.769. The number of ketones is 1. The molecule has 0 aliphatic heterocycles. The number of carbonyl (C=O) groups excluding carboxylic acids is 1. The van der Waals surface area contributed by atoms with E-state index in [4.69, 9.17) is 0 Å². The van der Waals surface area contributed by atoms with Crippen molar-refractivity contribution < 1.29 is 38.4 Å². The molecule has 0 aromatic heterocycles. The van der Waals surface area contributed by atoms with Crippen LogP contribution in [-0.4, -0.2) is 5.78 Å². The molecule has 3 heteroatoms. The van der Waals surface area contributed by atoms with E-state index in [9.17, 15) is 4.79 Å². The van der Waals surface area contributed by atoms with Crippen LogP contribution in [0.1, 0.15) is 65.2 Å². The average Bonchev–Trinajstić information content (AvgIpc) is 2.19. The van der Waals surface area contributed by atoms with Crippen LogP contribution in [0.5, 0.6) is 0 Å². The first kappa shape index (κ1) is 21.5. The second kappa shape index (κ2) is 17.6. The summed E-state index contributed by atoms with van der Waals surface area (Å²) in [5, 5.41) is 0. The summed E-state index contributed by atoms with van der Waals surface area (Å²) < 4.78 is 0. The maximum absolute atomic E-state index is 11.2. The van der Waals surface area contributed by atoms with Crippen LogP contribution in [-0.2, 0) is 38.4 Å². The summed E-state index contributed by atoms with van der Waals surface area (Å²) in [5.74, 6) is 5.76. The summed E-state index contributed by atoms with van der Waals surface area (Å²) >= 11 is 0. The van der Waals surface area contributed by atoms with Crippen molar-refractivity contribution in [2.24, 2.45) is 0 Å². The van der Waals surface area contributed by atoms with Crippen molar-refractivity contribution in [3.05, 3.63) is 0 Å². The van der Waals surface area contributed by atoms with Gasteiger partial charge in [0, 0.05) is 46.4 Å². The molecule has 0 amide bonds. The maximum Gasteiger partial charge on any atom is 0.205 e. The van der Waals surface area contributed by atoms with Gasteiger partial charge in [-0.05, 0) is 18.8 Å². The van der Waals surface area contributed by atoms with Crippen LogP contribution < -0.4 is 0 Å². The molecule has 0 atom stereocenters. The summed E-state index contributed by atoms with van der Waals surface area (Å²) in [6.45, 7) is 4.31. The summed E-state index contributed by atoms with van der Waals surface area (Å²) in [6, 6.07) is 0. The Morgan fingerprint density at radius 3 is 2.12 bits per heavy atom. The smallest absolute Gasteiger partial charge is 0.205 e. The van der Waals surface area contributed by atoms with E-state index in [1.54, 1.807) is 0 Å². The van der Waals surface area contributed by atoms with Gasteiger partial charge in [0.25, 0.3) is 0 Å². The van der Waals surface area contributed by atoms with Crippen LogP contribution in [0.15, 0.2) is 0 Å². The van der Waals surface area contributed by atoms with Crippen LogP contribution in [0.3, 0.4) is 0 Å². The van der Waals surface area contributed by atoms with E-state index in [0.717, 1.165) is 25.7 Å². The number of hydrogen-bond donors (Lipinski definition) is 0. The topological polar surface area (TPSA) is 17.1 Å². The van der Waals surface area contributed by atoms with Crippen molar-refractivity contribution in [2.45, 2.75) is 65.2 Å². The Morgan fingerprint density at radius 1 is 0.938 bits per heavy atom. The predicted octanol–water partition coefficient (Wildman–Crippen LogP) is 3.71. The van der Waals surface area contributed by atoms with E-state index in [2.05, 4.69) is 25.7 Å². The molecule has 2 radical (unpaired) electrons. The number of carbonyl (C=O) groups is 1. The van der Waals surface area contributed by atoms with E-state index in [1.165, 1.54) is 19.3 Å². The predicted molar refractivity (Wildman–Crippen MR) is 61.1 cm³/mol. The molecule has 1 nitrogen and oxygen atoms in total. The Morgan fingerprint density at radius 2 is 1.56 bits per heavy atom. The Balaban J connectivity index is -0.000000845. The Bertz CT molecular complexity index is 204. The zero-order valence-corrected chi connectivity index (χ0v) is 12.3. The van der Waals surface area contributed by atoms with Crippen molar-refractivity contribution >= 4 is 5.78 Å². The molecule has 0 fully saturated rings. The third-order valence-electron chi connectivity index (χ3n) is 2.14. The van der Waals surface area contributed by atoms with Gasteiger partial charge in [0.2, 0.25) is 5.78 Å². The molecule has 16 heavy (non-hydrogen) atoms. The van der Waals surface area contributed by atoms with Gasteiger partial charge in [-0.15, -0.1) is 0 Å². The summed E-state index contributed by atoms with van der Waals surface area (Å²) in [6.07, 6.45) is 8.41.